The standard InChI is InChI=1S/C28H39NO5S/c1-16-8-7-9-17(2)26(32)18(3)27(33)28(5,6)24(30)15-25(31)34-22(12-10-16)20-11-13-23-21(14-20)29-19(4)35-23/h10-11,13-14,17-18,22,24,26,30,32H,7-9,12,15H2,1-6H3/b16-10-/t17?,18?,22-,24?,26-/m0/s1. The molecule has 0 spiro atoms. The molecule has 1 aromatic carbocycles. The number of ketones is 1. The first kappa shape index (κ1) is 27.5. The first-order valence-corrected chi connectivity index (χ1v) is 13.3. The van der Waals surface area contributed by atoms with Crippen molar-refractivity contribution in [3.63, 3.8) is 0 Å². The third-order valence-electron chi connectivity index (χ3n) is 7.41. The highest BCUT2D eigenvalue weighted by Crippen LogP contribution is 2.34. The van der Waals surface area contributed by atoms with E-state index in [0.717, 1.165) is 40.1 Å². The second-order valence-corrected chi connectivity index (χ2v) is 11.9. The van der Waals surface area contributed by atoms with E-state index >= 15 is 0 Å². The summed E-state index contributed by atoms with van der Waals surface area (Å²) in [6.07, 6.45) is 2.35. The van der Waals surface area contributed by atoms with Crippen molar-refractivity contribution in [3.05, 3.63) is 40.4 Å². The minimum Gasteiger partial charge on any atom is -0.457 e. The lowest BCUT2D eigenvalue weighted by Crippen LogP contribution is -2.45. The van der Waals surface area contributed by atoms with Gasteiger partial charge in [0.2, 0.25) is 0 Å². The molecule has 5 atom stereocenters. The van der Waals surface area contributed by atoms with Gasteiger partial charge in [0.1, 0.15) is 11.9 Å². The molecule has 3 rings (SSSR count). The van der Waals surface area contributed by atoms with Gasteiger partial charge in [-0.25, -0.2) is 4.98 Å². The van der Waals surface area contributed by atoms with Gasteiger partial charge < -0.3 is 14.9 Å². The Hall–Kier alpha value is -2.09. The van der Waals surface area contributed by atoms with Gasteiger partial charge in [0.25, 0.3) is 0 Å². The van der Waals surface area contributed by atoms with E-state index in [1.54, 1.807) is 32.1 Å². The topological polar surface area (TPSA) is 96.7 Å². The summed E-state index contributed by atoms with van der Waals surface area (Å²) < 4.78 is 6.96. The maximum absolute atomic E-state index is 13.2. The molecule has 0 amide bonds. The third kappa shape index (κ3) is 6.57. The Bertz CT molecular complexity index is 1090. The number of aliphatic hydroxyl groups is 2. The highest BCUT2D eigenvalue weighted by Gasteiger charge is 2.42. The van der Waals surface area contributed by atoms with Crippen LogP contribution >= 0.6 is 11.3 Å². The summed E-state index contributed by atoms with van der Waals surface area (Å²) in [6.45, 7) is 11.0. The number of fused-ring (bicyclic) bond motifs is 1. The van der Waals surface area contributed by atoms with Gasteiger partial charge in [0.05, 0.1) is 39.3 Å². The Morgan fingerprint density at radius 1 is 1.14 bits per heavy atom. The van der Waals surface area contributed by atoms with Gasteiger partial charge in [-0.15, -0.1) is 11.3 Å². The van der Waals surface area contributed by atoms with Crippen LogP contribution in [0.4, 0.5) is 0 Å². The summed E-state index contributed by atoms with van der Waals surface area (Å²) in [7, 11) is 0. The maximum atomic E-state index is 13.2. The highest BCUT2D eigenvalue weighted by molar-refractivity contribution is 7.18. The summed E-state index contributed by atoms with van der Waals surface area (Å²) in [4.78, 5) is 30.7. The van der Waals surface area contributed by atoms with Gasteiger partial charge in [-0.3, -0.25) is 9.59 Å². The molecule has 0 bridgehead atoms. The van der Waals surface area contributed by atoms with Crippen molar-refractivity contribution in [2.75, 3.05) is 0 Å². The van der Waals surface area contributed by atoms with E-state index in [4.69, 9.17) is 4.74 Å². The van der Waals surface area contributed by atoms with E-state index in [2.05, 4.69) is 18.0 Å². The van der Waals surface area contributed by atoms with Crippen LogP contribution in [0.2, 0.25) is 0 Å². The summed E-state index contributed by atoms with van der Waals surface area (Å²) in [5.74, 6) is -1.50. The van der Waals surface area contributed by atoms with E-state index < -0.39 is 35.6 Å². The van der Waals surface area contributed by atoms with Crippen molar-refractivity contribution < 1.29 is 24.5 Å². The monoisotopic (exact) mass is 501 g/mol. The van der Waals surface area contributed by atoms with Crippen LogP contribution in [-0.2, 0) is 14.3 Å². The van der Waals surface area contributed by atoms with Gasteiger partial charge in [0, 0.05) is 12.3 Å². The fourth-order valence-corrected chi connectivity index (χ4v) is 5.62. The predicted molar refractivity (Wildman–Crippen MR) is 139 cm³/mol. The van der Waals surface area contributed by atoms with E-state index in [-0.39, 0.29) is 18.1 Å². The number of cyclic esters (lactones) is 1. The zero-order valence-corrected chi connectivity index (χ0v) is 22.5. The molecule has 6 nitrogen and oxygen atoms in total. The molecule has 2 aromatic rings. The molecule has 0 aliphatic carbocycles. The molecule has 35 heavy (non-hydrogen) atoms. The average molecular weight is 502 g/mol. The van der Waals surface area contributed by atoms with E-state index in [0.29, 0.717) is 6.42 Å². The van der Waals surface area contributed by atoms with Crippen LogP contribution in [0.5, 0.6) is 0 Å². The molecular weight excluding hydrogens is 462 g/mol. The van der Waals surface area contributed by atoms with Gasteiger partial charge in [-0.2, -0.15) is 0 Å². The maximum Gasteiger partial charge on any atom is 0.309 e. The molecule has 0 radical (unpaired) electrons. The van der Waals surface area contributed by atoms with Crippen LogP contribution in [0.3, 0.4) is 0 Å². The number of allylic oxidation sites excluding steroid dienone is 1. The zero-order chi connectivity index (χ0) is 25.9. The Labute approximate surface area is 212 Å². The SMILES string of the molecule is C/C1=C/C[C@@H](c2ccc3sc(C)nc3c2)OC(=O)CC(O)C(C)(C)C(=O)C(C)[C@@H](O)C(C)CCC1. The number of benzene rings is 1. The molecule has 1 aromatic heterocycles. The number of carbonyl (C=O) groups is 2. The average Bonchev–Trinajstić information content (AvgIpc) is 3.18. The van der Waals surface area contributed by atoms with Gasteiger partial charge >= 0.3 is 5.97 Å². The van der Waals surface area contributed by atoms with Crippen LogP contribution in [0, 0.1) is 24.2 Å². The number of rotatable bonds is 1. The molecule has 0 saturated heterocycles. The Kier molecular flexibility index (Phi) is 8.89. The first-order chi connectivity index (χ1) is 16.4. The number of aromatic nitrogens is 1. The molecule has 1 aliphatic rings. The lowest BCUT2D eigenvalue weighted by atomic mass is 9.73. The number of thiazole rings is 1. The second kappa shape index (κ2) is 11.3. The van der Waals surface area contributed by atoms with Gasteiger partial charge in [0.15, 0.2) is 0 Å². The van der Waals surface area contributed by atoms with Crippen molar-refractivity contribution >= 4 is 33.3 Å². The minimum atomic E-state index is -1.22. The van der Waals surface area contributed by atoms with E-state index in [1.807, 2.05) is 32.0 Å². The summed E-state index contributed by atoms with van der Waals surface area (Å²) >= 11 is 1.62. The molecule has 192 valence electrons. The zero-order valence-electron chi connectivity index (χ0n) is 21.7. The number of Topliss-reactive ketones (excluding diaryl/α,β-unsaturated/α-hetero) is 1. The lowest BCUT2D eigenvalue weighted by Gasteiger charge is -2.34. The number of hydrogen-bond donors (Lipinski definition) is 2. The second-order valence-electron chi connectivity index (χ2n) is 10.7. The van der Waals surface area contributed by atoms with Crippen LogP contribution in [-0.4, -0.2) is 39.2 Å². The largest absolute Gasteiger partial charge is 0.457 e. The van der Waals surface area contributed by atoms with Crippen LogP contribution < -0.4 is 0 Å². The molecule has 2 N–H and O–H groups in total. The van der Waals surface area contributed by atoms with Gasteiger partial charge in [-0.1, -0.05) is 45.4 Å². The predicted octanol–water partition coefficient (Wildman–Crippen LogP) is 5.69. The van der Waals surface area contributed by atoms with Crippen molar-refractivity contribution in [2.45, 2.75) is 92.0 Å². The van der Waals surface area contributed by atoms with Crippen LogP contribution in [0.25, 0.3) is 10.2 Å². The number of carbonyl (C=O) groups excluding carboxylic acids is 2. The number of aliphatic hydroxyl groups excluding tert-OH is 2. The van der Waals surface area contributed by atoms with Crippen molar-refractivity contribution in [3.8, 4) is 0 Å². The molecule has 0 fully saturated rings. The Balaban J connectivity index is 1.91. The van der Waals surface area contributed by atoms with Crippen molar-refractivity contribution in [1.82, 2.24) is 4.98 Å². The van der Waals surface area contributed by atoms with Crippen molar-refractivity contribution in [1.29, 1.82) is 0 Å². The summed E-state index contributed by atoms with van der Waals surface area (Å²) in [5, 5.41) is 22.6. The molecule has 2 heterocycles. The molecule has 7 heteroatoms. The van der Waals surface area contributed by atoms with Gasteiger partial charge in [-0.05, 0) is 56.7 Å². The highest BCUT2D eigenvalue weighted by atomic mass is 32.1. The number of ether oxygens (including phenoxy) is 1. The Morgan fingerprint density at radius 2 is 1.86 bits per heavy atom. The third-order valence-corrected chi connectivity index (χ3v) is 8.36. The quantitative estimate of drug-likeness (QED) is 0.385. The minimum absolute atomic E-state index is 0.0476. The molecule has 1 aliphatic heterocycles. The van der Waals surface area contributed by atoms with E-state index in [9.17, 15) is 19.8 Å². The van der Waals surface area contributed by atoms with Crippen LogP contribution in [0.1, 0.15) is 83.4 Å². The normalized spacial score (nSPS) is 31.1. The van der Waals surface area contributed by atoms with E-state index in [1.165, 1.54) is 5.57 Å². The molecular formula is C28H39NO5S. The smallest absolute Gasteiger partial charge is 0.309 e. The fourth-order valence-electron chi connectivity index (χ4n) is 4.81. The van der Waals surface area contributed by atoms with Crippen LogP contribution in [0.15, 0.2) is 29.8 Å². The first-order valence-electron chi connectivity index (χ1n) is 12.5. The molecule has 3 unspecified atom stereocenters. The fraction of sp³-hybridized carbons (Fsp3) is 0.607. The number of nitrogens with zero attached hydrogens (tertiary/aromatic N) is 1. The number of aryl methyl sites for hydroxylation is 1. The lowest BCUT2D eigenvalue weighted by molar-refractivity contribution is -0.155. The summed E-state index contributed by atoms with van der Waals surface area (Å²) in [5.41, 5.74) is 1.73. The summed E-state index contributed by atoms with van der Waals surface area (Å²) in [6, 6.07) is 5.93. The van der Waals surface area contributed by atoms with Crippen molar-refractivity contribution in [2.24, 2.45) is 17.3 Å². The molecule has 0 saturated carbocycles. The number of hydrogen-bond acceptors (Lipinski definition) is 7. The number of esters is 1. The Morgan fingerprint density at radius 3 is 2.57 bits per heavy atom.